The van der Waals surface area contributed by atoms with Crippen LogP contribution in [0.5, 0.6) is 0 Å². The summed E-state index contributed by atoms with van der Waals surface area (Å²) in [6.07, 6.45) is -13.1. The Bertz CT molecular complexity index is 1670. The molecule has 0 bridgehead atoms. The fourth-order valence-electron chi connectivity index (χ4n) is 15.2. The van der Waals surface area contributed by atoms with Crippen molar-refractivity contribution in [3.05, 3.63) is 0 Å². The van der Waals surface area contributed by atoms with Gasteiger partial charge in [-0.2, -0.15) is 0 Å². The predicted molar refractivity (Wildman–Crippen MR) is 222 cm³/mol. The second-order valence-electron chi connectivity index (χ2n) is 23.1. The van der Waals surface area contributed by atoms with Crippen LogP contribution in [0.15, 0.2) is 0 Å². The first kappa shape index (κ1) is 49.7. The molecule has 0 radical (unpaired) electrons. The summed E-state index contributed by atoms with van der Waals surface area (Å²) in [4.78, 5) is 0. The quantitative estimate of drug-likeness (QED) is 0.106. The summed E-state index contributed by atoms with van der Waals surface area (Å²) in [5.41, 5.74) is -4.29. The first-order valence-electron chi connectivity index (χ1n) is 23.7. The van der Waals surface area contributed by atoms with Crippen LogP contribution in [-0.2, 0) is 28.4 Å². The molecule has 18 heteroatoms. The van der Waals surface area contributed by atoms with Crippen LogP contribution < -0.4 is 0 Å². The first-order valence-corrected chi connectivity index (χ1v) is 23.7. The molecular formula is C46H78O18. The van der Waals surface area contributed by atoms with Crippen LogP contribution in [0.2, 0.25) is 0 Å². The second-order valence-corrected chi connectivity index (χ2v) is 23.1. The van der Waals surface area contributed by atoms with Crippen molar-refractivity contribution >= 4 is 0 Å². The molecule has 3 aliphatic heterocycles. The van der Waals surface area contributed by atoms with E-state index in [4.69, 9.17) is 28.4 Å². The number of fused-ring (bicyclic) bond motifs is 2. The van der Waals surface area contributed by atoms with Gasteiger partial charge in [0.2, 0.25) is 0 Å². The van der Waals surface area contributed by atoms with E-state index in [0.717, 1.165) is 32.1 Å². The van der Waals surface area contributed by atoms with Gasteiger partial charge in [-0.1, -0.05) is 34.6 Å². The zero-order valence-corrected chi connectivity index (χ0v) is 38.5. The van der Waals surface area contributed by atoms with Crippen molar-refractivity contribution < 1.29 is 89.7 Å². The van der Waals surface area contributed by atoms with Crippen LogP contribution >= 0.6 is 0 Å². The molecule has 0 aromatic carbocycles. The molecule has 64 heavy (non-hydrogen) atoms. The summed E-state index contributed by atoms with van der Waals surface area (Å²) in [6, 6.07) is 0. The maximum atomic E-state index is 12.1. The van der Waals surface area contributed by atoms with Gasteiger partial charge in [0.05, 0.1) is 56.4 Å². The molecule has 370 valence electrons. The third-order valence-electron chi connectivity index (χ3n) is 19.4. The normalized spacial score (nSPS) is 54.3. The lowest BCUT2D eigenvalue weighted by Gasteiger charge is -2.65. The molecule has 3 heterocycles. The number of rotatable bonds is 13. The standard InChI is InChI=1S/C46H78O18/c1-21(22-10-11-43(7)35-23(49)14-26-40(2,3)28(51)15-29(52)46(26)18-44(35,46)13-12-42(22,43)6)8-9-27(50)41(4,5)64-38-33(56)31(54)34(24(16-47)61-38)63-37-32(55)30(53)25(17-59-37)62-39-36(57)45(58,19-48)20-60-39/h21-39,47-58H,8-20H2,1-7H3/t21-,22-,23+,24-,25-,26+,27+,28+,29+,30+,31-,32-,33-,34-,35-,36+,37+,38+,39+,42-,43+,44+,45-,46-/m1/s1. The molecule has 8 aliphatic rings. The molecule has 8 fully saturated rings. The van der Waals surface area contributed by atoms with Crippen molar-refractivity contribution in [2.75, 3.05) is 26.4 Å². The van der Waals surface area contributed by atoms with Crippen molar-refractivity contribution in [1.82, 2.24) is 0 Å². The van der Waals surface area contributed by atoms with Crippen LogP contribution in [0.4, 0.5) is 0 Å². The predicted octanol–water partition coefficient (Wildman–Crippen LogP) is -0.971. The molecule has 0 unspecified atom stereocenters. The molecule has 2 spiro atoms. The van der Waals surface area contributed by atoms with Gasteiger partial charge in [0, 0.05) is 11.8 Å². The van der Waals surface area contributed by atoms with Gasteiger partial charge in [0.25, 0.3) is 0 Å². The van der Waals surface area contributed by atoms with Crippen LogP contribution in [-0.4, -0.2) is 191 Å². The Labute approximate surface area is 375 Å². The molecule has 8 rings (SSSR count). The average Bonchev–Trinajstić information content (AvgIpc) is 3.73. The fraction of sp³-hybridized carbons (Fsp3) is 1.00. The van der Waals surface area contributed by atoms with Gasteiger partial charge in [-0.05, 0) is 111 Å². The molecule has 12 N–H and O–H groups in total. The molecule has 0 aromatic rings. The van der Waals surface area contributed by atoms with Crippen molar-refractivity contribution in [3.63, 3.8) is 0 Å². The Balaban J connectivity index is 0.856. The molecule has 0 aromatic heterocycles. The van der Waals surface area contributed by atoms with E-state index in [2.05, 4.69) is 34.6 Å². The van der Waals surface area contributed by atoms with E-state index >= 15 is 0 Å². The monoisotopic (exact) mass is 919 g/mol. The Morgan fingerprint density at radius 1 is 0.766 bits per heavy atom. The summed E-state index contributed by atoms with van der Waals surface area (Å²) >= 11 is 0. The molecule has 5 saturated carbocycles. The van der Waals surface area contributed by atoms with Crippen molar-refractivity contribution in [1.29, 1.82) is 0 Å². The smallest absolute Gasteiger partial charge is 0.187 e. The largest absolute Gasteiger partial charge is 0.394 e. The highest BCUT2D eigenvalue weighted by molar-refractivity contribution is 5.34. The fourth-order valence-corrected chi connectivity index (χ4v) is 15.2. The van der Waals surface area contributed by atoms with E-state index in [-0.39, 0.29) is 44.8 Å². The van der Waals surface area contributed by atoms with Crippen LogP contribution in [0.25, 0.3) is 0 Å². The van der Waals surface area contributed by atoms with Gasteiger partial charge < -0.3 is 89.7 Å². The van der Waals surface area contributed by atoms with E-state index in [0.29, 0.717) is 31.6 Å². The first-order chi connectivity index (χ1) is 29.8. The van der Waals surface area contributed by atoms with E-state index < -0.39 is 130 Å². The number of aliphatic hydroxyl groups is 12. The molecule has 3 saturated heterocycles. The lowest BCUT2D eigenvalue weighted by atomic mass is 9.40. The zero-order valence-electron chi connectivity index (χ0n) is 38.5. The van der Waals surface area contributed by atoms with Crippen molar-refractivity contribution in [2.45, 2.75) is 210 Å². The minimum absolute atomic E-state index is 0.0556. The van der Waals surface area contributed by atoms with E-state index in [1.165, 1.54) is 0 Å². The molecule has 5 aliphatic carbocycles. The summed E-state index contributed by atoms with van der Waals surface area (Å²) in [5.74, 6) is 0.652. The second kappa shape index (κ2) is 17.0. The van der Waals surface area contributed by atoms with Gasteiger partial charge in [-0.15, -0.1) is 0 Å². The average molecular weight is 919 g/mol. The number of ether oxygens (including phenoxy) is 6. The summed E-state index contributed by atoms with van der Waals surface area (Å²) in [6.45, 7) is 12.2. The number of hydrogen-bond acceptors (Lipinski definition) is 18. The van der Waals surface area contributed by atoms with E-state index in [1.54, 1.807) is 13.8 Å². The lowest BCUT2D eigenvalue weighted by molar-refractivity contribution is -0.366. The third-order valence-corrected chi connectivity index (χ3v) is 19.4. The summed E-state index contributed by atoms with van der Waals surface area (Å²) < 4.78 is 34.2. The maximum absolute atomic E-state index is 12.1. The highest BCUT2D eigenvalue weighted by atomic mass is 16.8. The topological polar surface area (TPSA) is 298 Å². The van der Waals surface area contributed by atoms with Gasteiger partial charge in [0.15, 0.2) is 18.9 Å². The molecule has 0 amide bonds. The van der Waals surface area contributed by atoms with Crippen LogP contribution in [0, 0.1) is 50.7 Å². The molecule has 18 nitrogen and oxygen atoms in total. The van der Waals surface area contributed by atoms with Crippen LogP contribution in [0.1, 0.15) is 106 Å². The summed E-state index contributed by atoms with van der Waals surface area (Å²) in [5, 5.41) is 131. The molecule has 24 atom stereocenters. The van der Waals surface area contributed by atoms with Gasteiger partial charge in [0.1, 0.15) is 54.4 Å². The third kappa shape index (κ3) is 7.33. The van der Waals surface area contributed by atoms with Gasteiger partial charge in [-0.25, -0.2) is 0 Å². The van der Waals surface area contributed by atoms with Crippen LogP contribution in [0.3, 0.4) is 0 Å². The zero-order chi connectivity index (χ0) is 46.9. The van der Waals surface area contributed by atoms with Crippen molar-refractivity contribution in [3.8, 4) is 0 Å². The van der Waals surface area contributed by atoms with E-state index in [9.17, 15) is 61.3 Å². The van der Waals surface area contributed by atoms with Crippen molar-refractivity contribution in [2.24, 2.45) is 50.7 Å². The minimum Gasteiger partial charge on any atom is -0.394 e. The Morgan fingerprint density at radius 3 is 2.11 bits per heavy atom. The maximum Gasteiger partial charge on any atom is 0.187 e. The Hall–Kier alpha value is -0.720. The van der Waals surface area contributed by atoms with Gasteiger partial charge in [-0.3, -0.25) is 0 Å². The molecular weight excluding hydrogens is 840 g/mol. The highest BCUT2D eigenvalue weighted by Crippen LogP contribution is 2.89. The SMILES string of the molecule is C[C@H](CC[C@H](O)C(C)(C)O[C@@H]1O[C@H](CO)[C@@H](O[C@@H]2OC[C@@H](O[C@@H]3OC[C@](O)(CO)[C@H]3O)[C@H](O)[C@H]2O)[C@H](O)[C@H]1O)[C@H]1CC[C@@]2(C)[C@H]3[C@@H](O)C[C@H]4C(C)(C)[C@@H](O)C[C@H](O)[C@@]45C[C@@]35CC[C@]12C. The minimum atomic E-state index is -1.98. The Kier molecular flexibility index (Phi) is 13.2. The van der Waals surface area contributed by atoms with E-state index in [1.807, 2.05) is 0 Å². The summed E-state index contributed by atoms with van der Waals surface area (Å²) in [7, 11) is 0. The number of hydrogen-bond donors (Lipinski definition) is 12. The highest BCUT2D eigenvalue weighted by Gasteiger charge is 2.86. The lowest BCUT2D eigenvalue weighted by Crippen LogP contribution is -2.64. The van der Waals surface area contributed by atoms with Gasteiger partial charge >= 0.3 is 0 Å². The number of aliphatic hydroxyl groups excluding tert-OH is 11. The Morgan fingerprint density at radius 2 is 1.45 bits per heavy atom.